The minimum Gasteiger partial charge on any atom is -0.489 e. The molecule has 1 rings (SSSR count). The van der Waals surface area contributed by atoms with Crippen molar-refractivity contribution in [2.24, 2.45) is 0 Å². The molecule has 3 nitrogen and oxygen atoms in total. The molecule has 0 aliphatic carbocycles. The number of ether oxygens (including phenoxy) is 1. The van der Waals surface area contributed by atoms with Crippen LogP contribution in [-0.2, 0) is 0 Å². The Balaban J connectivity index is 2.48. The van der Waals surface area contributed by atoms with Crippen LogP contribution in [0.3, 0.4) is 0 Å². The molecule has 0 aromatic heterocycles. The van der Waals surface area contributed by atoms with Crippen molar-refractivity contribution in [3.63, 3.8) is 0 Å². The van der Waals surface area contributed by atoms with Crippen LogP contribution in [0.2, 0.25) is 0 Å². The van der Waals surface area contributed by atoms with Crippen molar-refractivity contribution in [1.29, 1.82) is 0 Å². The second kappa shape index (κ2) is 9.65. The van der Waals surface area contributed by atoms with Crippen molar-refractivity contribution in [3.8, 4) is 5.75 Å². The van der Waals surface area contributed by atoms with Gasteiger partial charge in [0.2, 0.25) is 0 Å². The zero-order valence-electron chi connectivity index (χ0n) is 13.5. The SMILES string of the molecule is CCCN(CCC)CCNc1ccccc1OC(C)C. The summed E-state index contributed by atoms with van der Waals surface area (Å²) in [5, 5.41) is 3.50. The van der Waals surface area contributed by atoms with Crippen LogP contribution in [0.25, 0.3) is 0 Å². The lowest BCUT2D eigenvalue weighted by atomic mass is 10.3. The molecule has 0 amide bonds. The van der Waals surface area contributed by atoms with Gasteiger partial charge in [-0.1, -0.05) is 26.0 Å². The molecule has 3 heteroatoms. The van der Waals surface area contributed by atoms with Crippen molar-refractivity contribution in [1.82, 2.24) is 4.90 Å². The molecule has 0 aliphatic rings. The third kappa shape index (κ3) is 6.29. The Morgan fingerprint density at radius 2 is 1.70 bits per heavy atom. The Kier molecular flexibility index (Phi) is 8.12. The number of anilines is 1. The van der Waals surface area contributed by atoms with Crippen LogP contribution < -0.4 is 10.1 Å². The molecule has 0 bridgehead atoms. The number of hydrogen-bond acceptors (Lipinski definition) is 3. The topological polar surface area (TPSA) is 24.5 Å². The van der Waals surface area contributed by atoms with E-state index >= 15 is 0 Å². The summed E-state index contributed by atoms with van der Waals surface area (Å²) in [5.41, 5.74) is 1.09. The highest BCUT2D eigenvalue weighted by molar-refractivity contribution is 5.56. The van der Waals surface area contributed by atoms with Crippen molar-refractivity contribution in [2.75, 3.05) is 31.5 Å². The van der Waals surface area contributed by atoms with Crippen LogP contribution >= 0.6 is 0 Å². The fraction of sp³-hybridized carbons (Fsp3) is 0.647. The lowest BCUT2D eigenvalue weighted by Gasteiger charge is -2.22. The molecule has 1 N–H and O–H groups in total. The maximum atomic E-state index is 5.82. The molecule has 20 heavy (non-hydrogen) atoms. The maximum Gasteiger partial charge on any atom is 0.142 e. The van der Waals surface area contributed by atoms with Gasteiger partial charge in [-0.3, -0.25) is 0 Å². The van der Waals surface area contributed by atoms with Gasteiger partial charge in [-0.25, -0.2) is 0 Å². The molecule has 0 saturated heterocycles. The van der Waals surface area contributed by atoms with Gasteiger partial charge >= 0.3 is 0 Å². The third-order valence-corrected chi connectivity index (χ3v) is 3.07. The minimum absolute atomic E-state index is 0.203. The fourth-order valence-corrected chi connectivity index (χ4v) is 2.29. The van der Waals surface area contributed by atoms with Gasteiger partial charge in [0.25, 0.3) is 0 Å². The zero-order valence-corrected chi connectivity index (χ0v) is 13.5. The first kappa shape index (κ1) is 16.8. The molecular weight excluding hydrogens is 248 g/mol. The quantitative estimate of drug-likeness (QED) is 0.700. The standard InChI is InChI=1S/C17H30N2O/c1-5-12-19(13-6-2)14-11-18-16-9-7-8-10-17(16)20-15(3)4/h7-10,15,18H,5-6,11-14H2,1-4H3. The van der Waals surface area contributed by atoms with E-state index in [1.165, 1.54) is 25.9 Å². The van der Waals surface area contributed by atoms with E-state index in [1.807, 2.05) is 18.2 Å². The third-order valence-electron chi connectivity index (χ3n) is 3.07. The maximum absolute atomic E-state index is 5.82. The summed E-state index contributed by atoms with van der Waals surface area (Å²) >= 11 is 0. The second-order valence-corrected chi connectivity index (χ2v) is 5.43. The van der Waals surface area contributed by atoms with Gasteiger partial charge in [-0.2, -0.15) is 0 Å². The van der Waals surface area contributed by atoms with Gasteiger partial charge in [0, 0.05) is 13.1 Å². The van der Waals surface area contributed by atoms with E-state index in [0.29, 0.717) is 0 Å². The summed E-state index contributed by atoms with van der Waals surface area (Å²) in [4.78, 5) is 2.51. The van der Waals surface area contributed by atoms with Gasteiger partial charge in [0.1, 0.15) is 5.75 Å². The molecule has 0 unspecified atom stereocenters. The van der Waals surface area contributed by atoms with E-state index in [1.54, 1.807) is 0 Å². The molecule has 0 fully saturated rings. The van der Waals surface area contributed by atoms with Crippen molar-refractivity contribution in [2.45, 2.75) is 46.6 Å². The first-order valence-electron chi connectivity index (χ1n) is 7.89. The Labute approximate surface area is 124 Å². The highest BCUT2D eigenvalue weighted by Gasteiger charge is 2.06. The number of para-hydroxylation sites is 2. The molecule has 0 aliphatic heterocycles. The summed E-state index contributed by atoms with van der Waals surface area (Å²) in [6.07, 6.45) is 2.63. The Morgan fingerprint density at radius 3 is 2.30 bits per heavy atom. The van der Waals surface area contributed by atoms with E-state index in [2.05, 4.69) is 44.0 Å². The Bertz CT molecular complexity index is 360. The summed E-state index contributed by atoms with van der Waals surface area (Å²) in [6, 6.07) is 8.18. The van der Waals surface area contributed by atoms with E-state index in [0.717, 1.165) is 24.5 Å². The first-order chi connectivity index (χ1) is 9.67. The van der Waals surface area contributed by atoms with E-state index in [-0.39, 0.29) is 6.10 Å². The molecule has 1 aromatic carbocycles. The van der Waals surface area contributed by atoms with Crippen LogP contribution in [0.5, 0.6) is 5.75 Å². The Hall–Kier alpha value is -1.22. The average molecular weight is 278 g/mol. The summed E-state index contributed by atoms with van der Waals surface area (Å²) < 4.78 is 5.82. The largest absolute Gasteiger partial charge is 0.489 e. The van der Waals surface area contributed by atoms with Gasteiger partial charge < -0.3 is 15.0 Å². The van der Waals surface area contributed by atoms with Crippen LogP contribution in [0, 0.1) is 0 Å². The van der Waals surface area contributed by atoms with Crippen LogP contribution in [0.15, 0.2) is 24.3 Å². The molecule has 114 valence electrons. The predicted octanol–water partition coefficient (Wildman–Crippen LogP) is 4.01. The minimum atomic E-state index is 0.203. The van der Waals surface area contributed by atoms with Crippen molar-refractivity contribution in [3.05, 3.63) is 24.3 Å². The molecular formula is C17H30N2O. The summed E-state index contributed by atoms with van der Waals surface area (Å²) in [6.45, 7) is 13.0. The lowest BCUT2D eigenvalue weighted by Crippen LogP contribution is -2.30. The lowest BCUT2D eigenvalue weighted by molar-refractivity contribution is 0.243. The number of hydrogen-bond donors (Lipinski definition) is 1. The second-order valence-electron chi connectivity index (χ2n) is 5.43. The number of nitrogens with zero attached hydrogens (tertiary/aromatic N) is 1. The smallest absolute Gasteiger partial charge is 0.142 e. The molecule has 0 radical (unpaired) electrons. The van der Waals surface area contributed by atoms with Gasteiger partial charge in [-0.05, 0) is 51.9 Å². The molecule has 0 saturated carbocycles. The van der Waals surface area contributed by atoms with Crippen LogP contribution in [0.1, 0.15) is 40.5 Å². The number of benzene rings is 1. The van der Waals surface area contributed by atoms with Crippen LogP contribution in [0.4, 0.5) is 5.69 Å². The predicted molar refractivity (Wildman–Crippen MR) is 87.7 cm³/mol. The van der Waals surface area contributed by atoms with Gasteiger partial charge in [0.05, 0.1) is 11.8 Å². The molecule has 0 heterocycles. The zero-order chi connectivity index (χ0) is 14.8. The van der Waals surface area contributed by atoms with Crippen molar-refractivity contribution < 1.29 is 4.74 Å². The highest BCUT2D eigenvalue weighted by atomic mass is 16.5. The number of nitrogens with one attached hydrogen (secondary N) is 1. The monoisotopic (exact) mass is 278 g/mol. The summed E-state index contributed by atoms with van der Waals surface area (Å²) in [7, 11) is 0. The summed E-state index contributed by atoms with van der Waals surface area (Å²) in [5.74, 6) is 0.944. The highest BCUT2D eigenvalue weighted by Crippen LogP contribution is 2.24. The van der Waals surface area contributed by atoms with E-state index in [4.69, 9.17) is 4.74 Å². The molecule has 0 atom stereocenters. The van der Waals surface area contributed by atoms with Crippen molar-refractivity contribution >= 4 is 5.69 Å². The molecule has 1 aromatic rings. The molecule has 0 spiro atoms. The van der Waals surface area contributed by atoms with Crippen LogP contribution in [-0.4, -0.2) is 37.2 Å². The van der Waals surface area contributed by atoms with E-state index < -0.39 is 0 Å². The van der Waals surface area contributed by atoms with Gasteiger partial charge in [-0.15, -0.1) is 0 Å². The normalized spacial score (nSPS) is 11.1. The first-order valence-corrected chi connectivity index (χ1v) is 7.89. The fourth-order valence-electron chi connectivity index (χ4n) is 2.29. The average Bonchev–Trinajstić information content (AvgIpc) is 2.40. The Morgan fingerprint density at radius 1 is 1.05 bits per heavy atom. The van der Waals surface area contributed by atoms with E-state index in [9.17, 15) is 0 Å². The van der Waals surface area contributed by atoms with Gasteiger partial charge in [0.15, 0.2) is 0 Å². The number of rotatable bonds is 10.